The van der Waals surface area contributed by atoms with E-state index in [1.165, 1.54) is 18.3 Å². The summed E-state index contributed by atoms with van der Waals surface area (Å²) in [4.78, 5) is 58.1. The van der Waals surface area contributed by atoms with Crippen LogP contribution in [0.3, 0.4) is 0 Å². The van der Waals surface area contributed by atoms with E-state index in [2.05, 4.69) is 10.6 Å². The molecule has 0 bridgehead atoms. The van der Waals surface area contributed by atoms with Crippen molar-refractivity contribution in [2.75, 3.05) is 5.32 Å². The third-order valence-corrected chi connectivity index (χ3v) is 4.00. The first kappa shape index (κ1) is 21.5. The smallest absolute Gasteiger partial charge is 0.305 e. The molecule has 0 aliphatic heterocycles. The van der Waals surface area contributed by atoms with Crippen LogP contribution >= 0.6 is 0 Å². The van der Waals surface area contributed by atoms with Gasteiger partial charge in [-0.05, 0) is 24.1 Å². The van der Waals surface area contributed by atoms with E-state index in [1.807, 2.05) is 30.3 Å². The lowest BCUT2D eigenvalue weighted by molar-refractivity contribution is -0.138. The second-order valence-corrected chi connectivity index (χ2v) is 6.30. The lowest BCUT2D eigenvalue weighted by Gasteiger charge is -2.12. The van der Waals surface area contributed by atoms with Gasteiger partial charge in [-0.3, -0.25) is 19.2 Å². The molecule has 2 aromatic rings. The van der Waals surface area contributed by atoms with Crippen molar-refractivity contribution in [3.8, 4) is 0 Å². The van der Waals surface area contributed by atoms with Crippen LogP contribution in [0.1, 0.15) is 18.4 Å². The van der Waals surface area contributed by atoms with E-state index in [0.717, 1.165) is 10.1 Å². The maximum Gasteiger partial charge on any atom is 0.305 e. The summed E-state index contributed by atoms with van der Waals surface area (Å²) in [5, 5.41) is 13.5. The molecule has 9 nitrogen and oxygen atoms in total. The van der Waals surface area contributed by atoms with E-state index >= 15 is 0 Å². The number of aldehydes is 1. The fourth-order valence-electron chi connectivity index (χ4n) is 2.60. The van der Waals surface area contributed by atoms with Gasteiger partial charge in [-0.2, -0.15) is 0 Å². The molecule has 2 amide bonds. The summed E-state index contributed by atoms with van der Waals surface area (Å²) in [7, 11) is 0. The molecule has 1 atom stereocenters. The van der Waals surface area contributed by atoms with Crippen LogP contribution in [0, 0.1) is 0 Å². The third kappa shape index (κ3) is 7.06. The van der Waals surface area contributed by atoms with Crippen LogP contribution in [0.15, 0.2) is 53.5 Å². The number of hydrogen-bond acceptors (Lipinski definition) is 5. The summed E-state index contributed by atoms with van der Waals surface area (Å²) in [5.74, 6) is -2.27. The molecule has 1 aromatic heterocycles. The first-order valence-electron chi connectivity index (χ1n) is 8.88. The number of pyridine rings is 1. The molecule has 0 aliphatic rings. The number of rotatable bonds is 10. The number of carboxylic acid groups (broad SMARTS) is 1. The SMILES string of the molecule is O=C[C@H](CC(=O)O)NC(=O)Cn1cccc(NC(=O)CCc2ccccc2)c1=O. The molecule has 1 heterocycles. The van der Waals surface area contributed by atoms with Crippen LogP contribution < -0.4 is 16.2 Å². The molecular weight excluding hydrogens is 378 g/mol. The Balaban J connectivity index is 1.96. The Morgan fingerprint density at radius 3 is 2.45 bits per heavy atom. The van der Waals surface area contributed by atoms with E-state index in [4.69, 9.17) is 5.11 Å². The molecule has 0 saturated carbocycles. The molecule has 0 fully saturated rings. The van der Waals surface area contributed by atoms with Crippen LogP contribution in [0.5, 0.6) is 0 Å². The Kier molecular flexibility index (Phi) is 7.84. The highest BCUT2D eigenvalue weighted by atomic mass is 16.4. The molecule has 1 aromatic carbocycles. The Labute approximate surface area is 166 Å². The molecule has 9 heteroatoms. The second kappa shape index (κ2) is 10.5. The second-order valence-electron chi connectivity index (χ2n) is 6.30. The van der Waals surface area contributed by atoms with Gasteiger partial charge in [0.05, 0.1) is 12.5 Å². The van der Waals surface area contributed by atoms with E-state index < -0.39 is 36.4 Å². The first-order chi connectivity index (χ1) is 13.9. The van der Waals surface area contributed by atoms with Crippen molar-refractivity contribution in [1.82, 2.24) is 9.88 Å². The van der Waals surface area contributed by atoms with Gasteiger partial charge in [0.2, 0.25) is 11.8 Å². The van der Waals surface area contributed by atoms with Gasteiger partial charge in [0.1, 0.15) is 18.5 Å². The van der Waals surface area contributed by atoms with Crippen molar-refractivity contribution in [3.05, 3.63) is 64.6 Å². The van der Waals surface area contributed by atoms with Gasteiger partial charge in [-0.1, -0.05) is 30.3 Å². The number of aromatic nitrogens is 1. The minimum absolute atomic E-state index is 0.0239. The van der Waals surface area contributed by atoms with Crippen molar-refractivity contribution >= 4 is 29.8 Å². The lowest BCUT2D eigenvalue weighted by Crippen LogP contribution is -2.41. The summed E-state index contributed by atoms with van der Waals surface area (Å²) < 4.78 is 1.06. The van der Waals surface area contributed by atoms with E-state index in [-0.39, 0.29) is 18.0 Å². The maximum absolute atomic E-state index is 12.5. The Bertz CT molecular complexity index is 939. The van der Waals surface area contributed by atoms with Crippen LogP contribution in [0.4, 0.5) is 5.69 Å². The molecule has 2 rings (SSSR count). The van der Waals surface area contributed by atoms with Gasteiger partial charge < -0.3 is 25.1 Å². The number of amides is 2. The summed E-state index contributed by atoms with van der Waals surface area (Å²) in [6.45, 7) is -0.420. The molecule has 0 aliphatic carbocycles. The van der Waals surface area contributed by atoms with E-state index in [9.17, 15) is 24.0 Å². The molecular formula is C20H21N3O6. The standard InChI is InChI=1S/C20H21N3O6/c24-13-15(11-19(27)28)21-18(26)12-23-10-4-7-16(20(23)29)22-17(25)9-8-14-5-2-1-3-6-14/h1-7,10,13,15H,8-9,11-12H2,(H,21,26)(H,22,25)(H,27,28)/t15-/m0/s1. The predicted molar refractivity (Wildman–Crippen MR) is 104 cm³/mol. The van der Waals surface area contributed by atoms with Crippen molar-refractivity contribution < 1.29 is 24.3 Å². The highest BCUT2D eigenvalue weighted by molar-refractivity contribution is 5.90. The van der Waals surface area contributed by atoms with Crippen molar-refractivity contribution in [3.63, 3.8) is 0 Å². The molecule has 29 heavy (non-hydrogen) atoms. The average molecular weight is 399 g/mol. The average Bonchev–Trinajstić information content (AvgIpc) is 2.69. The zero-order valence-corrected chi connectivity index (χ0v) is 15.5. The number of anilines is 1. The predicted octanol–water partition coefficient (Wildman–Crippen LogP) is 0.578. The number of carbonyl (C=O) groups excluding carboxylic acids is 3. The highest BCUT2D eigenvalue weighted by Crippen LogP contribution is 2.05. The van der Waals surface area contributed by atoms with E-state index in [1.54, 1.807) is 0 Å². The monoisotopic (exact) mass is 399 g/mol. The molecule has 3 N–H and O–H groups in total. The van der Waals surface area contributed by atoms with Crippen LogP contribution in [0.25, 0.3) is 0 Å². The quantitative estimate of drug-likeness (QED) is 0.500. The third-order valence-electron chi connectivity index (χ3n) is 4.00. The summed E-state index contributed by atoms with van der Waals surface area (Å²) in [6.07, 6.45) is 1.83. The normalized spacial score (nSPS) is 11.3. The minimum Gasteiger partial charge on any atom is -0.481 e. The van der Waals surface area contributed by atoms with Crippen LogP contribution in [-0.4, -0.2) is 39.8 Å². The fraction of sp³-hybridized carbons (Fsp3) is 0.250. The van der Waals surface area contributed by atoms with Crippen molar-refractivity contribution in [2.45, 2.75) is 31.8 Å². The Morgan fingerprint density at radius 2 is 1.79 bits per heavy atom. The summed E-state index contributed by atoms with van der Waals surface area (Å²) >= 11 is 0. The minimum atomic E-state index is -1.24. The number of carboxylic acids is 1. The van der Waals surface area contributed by atoms with Gasteiger partial charge >= 0.3 is 5.97 Å². The zero-order chi connectivity index (χ0) is 21.2. The Hall–Kier alpha value is -3.75. The first-order valence-corrected chi connectivity index (χ1v) is 8.88. The maximum atomic E-state index is 12.5. The zero-order valence-electron chi connectivity index (χ0n) is 15.5. The summed E-state index contributed by atoms with van der Waals surface area (Å²) in [5.41, 5.74) is 0.434. The fourth-order valence-corrected chi connectivity index (χ4v) is 2.60. The van der Waals surface area contributed by atoms with Gasteiger partial charge in [0.15, 0.2) is 0 Å². The summed E-state index contributed by atoms with van der Waals surface area (Å²) in [6, 6.07) is 11.2. The largest absolute Gasteiger partial charge is 0.481 e. The van der Waals surface area contributed by atoms with Crippen LogP contribution in [-0.2, 0) is 32.1 Å². The Morgan fingerprint density at radius 1 is 1.07 bits per heavy atom. The number of benzene rings is 1. The van der Waals surface area contributed by atoms with Crippen LogP contribution in [0.2, 0.25) is 0 Å². The van der Waals surface area contributed by atoms with E-state index in [0.29, 0.717) is 12.7 Å². The number of carbonyl (C=O) groups is 4. The molecule has 0 unspecified atom stereocenters. The number of aryl methyl sites for hydroxylation is 1. The molecule has 0 saturated heterocycles. The van der Waals surface area contributed by atoms with Gasteiger partial charge in [-0.25, -0.2) is 0 Å². The molecule has 0 spiro atoms. The van der Waals surface area contributed by atoms with Crippen molar-refractivity contribution in [1.29, 1.82) is 0 Å². The molecule has 152 valence electrons. The number of nitrogens with zero attached hydrogens (tertiary/aromatic N) is 1. The topological polar surface area (TPSA) is 135 Å². The molecule has 0 radical (unpaired) electrons. The van der Waals surface area contributed by atoms with Gasteiger partial charge in [0.25, 0.3) is 5.56 Å². The van der Waals surface area contributed by atoms with Gasteiger partial charge in [0, 0.05) is 12.6 Å². The highest BCUT2D eigenvalue weighted by Gasteiger charge is 2.16. The van der Waals surface area contributed by atoms with Crippen molar-refractivity contribution in [2.24, 2.45) is 0 Å². The number of nitrogens with one attached hydrogen (secondary N) is 2. The number of aliphatic carboxylic acids is 1. The number of hydrogen-bond donors (Lipinski definition) is 3. The van der Waals surface area contributed by atoms with Gasteiger partial charge in [-0.15, -0.1) is 0 Å². The lowest BCUT2D eigenvalue weighted by atomic mass is 10.1.